The fraction of sp³-hybridized carbons (Fsp3) is 0.409. The van der Waals surface area contributed by atoms with Gasteiger partial charge in [0.05, 0.1) is 14.2 Å². The van der Waals surface area contributed by atoms with Crippen LogP contribution >= 0.6 is 0 Å². The zero-order valence-electron chi connectivity index (χ0n) is 16.1. The van der Waals surface area contributed by atoms with Crippen LogP contribution in [-0.4, -0.2) is 20.2 Å². The molecule has 0 radical (unpaired) electrons. The number of ether oxygens (including phenoxy) is 3. The number of methoxy groups -OCH3 is 2. The molecule has 0 heterocycles. The van der Waals surface area contributed by atoms with Crippen LogP contribution < -0.4 is 9.47 Å². The van der Waals surface area contributed by atoms with E-state index in [-0.39, 0.29) is 0 Å². The topological polar surface area (TPSA) is 44.8 Å². The summed E-state index contributed by atoms with van der Waals surface area (Å²) < 4.78 is 16.9. The first kappa shape index (κ1) is 19.8. The van der Waals surface area contributed by atoms with Gasteiger partial charge in [0.2, 0.25) is 0 Å². The van der Waals surface area contributed by atoms with Crippen molar-refractivity contribution in [3.63, 3.8) is 0 Å². The summed E-state index contributed by atoms with van der Waals surface area (Å²) in [5.74, 6) is 0.514. The summed E-state index contributed by atoms with van der Waals surface area (Å²) in [7, 11) is 3.08. The van der Waals surface area contributed by atoms with Crippen molar-refractivity contribution >= 4 is 5.97 Å². The van der Waals surface area contributed by atoms with Crippen LogP contribution in [0.4, 0.5) is 0 Å². The maximum atomic E-state index is 13.1. The Morgan fingerprint density at radius 3 is 2.08 bits per heavy atom. The fourth-order valence-corrected chi connectivity index (χ4v) is 3.40. The molecule has 0 aliphatic heterocycles. The fourth-order valence-electron chi connectivity index (χ4n) is 3.40. The van der Waals surface area contributed by atoms with Gasteiger partial charge in [0.1, 0.15) is 11.2 Å². The summed E-state index contributed by atoms with van der Waals surface area (Å²) in [5.41, 5.74) is 0.758. The quantitative estimate of drug-likeness (QED) is 0.568. The second kappa shape index (κ2) is 9.27. The molecule has 0 aliphatic rings. The average molecular weight is 356 g/mol. The predicted octanol–water partition coefficient (Wildman–Crippen LogP) is 5.36. The van der Waals surface area contributed by atoms with Crippen molar-refractivity contribution < 1.29 is 19.0 Å². The van der Waals surface area contributed by atoms with E-state index in [4.69, 9.17) is 14.2 Å². The number of hydrogen-bond acceptors (Lipinski definition) is 4. The molecule has 2 aromatic carbocycles. The third-order valence-corrected chi connectivity index (χ3v) is 4.52. The Balaban J connectivity index is 2.44. The number of benzene rings is 2. The number of para-hydroxylation sites is 1. The first-order valence-corrected chi connectivity index (χ1v) is 9.11. The van der Waals surface area contributed by atoms with E-state index in [1.54, 1.807) is 25.3 Å². The van der Waals surface area contributed by atoms with Gasteiger partial charge < -0.3 is 14.2 Å². The van der Waals surface area contributed by atoms with Crippen molar-refractivity contribution in [1.82, 2.24) is 0 Å². The van der Waals surface area contributed by atoms with Gasteiger partial charge in [0.25, 0.3) is 0 Å². The van der Waals surface area contributed by atoms with E-state index in [1.165, 1.54) is 7.11 Å². The van der Waals surface area contributed by atoms with E-state index in [0.29, 0.717) is 17.1 Å². The molecule has 0 amide bonds. The minimum atomic E-state index is -0.643. The normalized spacial score (nSPS) is 11.1. The molecule has 0 bridgehead atoms. The van der Waals surface area contributed by atoms with Crippen LogP contribution in [0.5, 0.6) is 11.5 Å². The van der Waals surface area contributed by atoms with Crippen LogP contribution in [0.15, 0.2) is 48.5 Å². The van der Waals surface area contributed by atoms with E-state index in [0.717, 1.165) is 31.2 Å². The molecule has 26 heavy (non-hydrogen) atoms. The lowest BCUT2D eigenvalue weighted by molar-refractivity contribution is -0.0323. The van der Waals surface area contributed by atoms with Crippen LogP contribution in [0, 0.1) is 0 Å². The van der Waals surface area contributed by atoms with Gasteiger partial charge in [0.15, 0.2) is 11.5 Å². The minimum Gasteiger partial charge on any atom is -0.493 e. The highest BCUT2D eigenvalue weighted by Crippen LogP contribution is 2.38. The van der Waals surface area contributed by atoms with Gasteiger partial charge in [-0.25, -0.2) is 4.79 Å². The first-order valence-electron chi connectivity index (χ1n) is 9.11. The van der Waals surface area contributed by atoms with Crippen LogP contribution in [-0.2, 0) is 10.3 Å². The SMILES string of the molecule is CCCC(CCC)(OC(=O)c1cccc(OC)c1OC)c1ccccc1. The van der Waals surface area contributed by atoms with Gasteiger partial charge in [0, 0.05) is 0 Å². The van der Waals surface area contributed by atoms with Crippen molar-refractivity contribution in [3.8, 4) is 11.5 Å². The largest absolute Gasteiger partial charge is 0.493 e. The van der Waals surface area contributed by atoms with E-state index in [2.05, 4.69) is 13.8 Å². The molecular weight excluding hydrogens is 328 g/mol. The van der Waals surface area contributed by atoms with Gasteiger partial charge in [-0.05, 0) is 30.5 Å². The van der Waals surface area contributed by atoms with Crippen LogP contribution in [0.3, 0.4) is 0 Å². The first-order chi connectivity index (χ1) is 12.6. The third-order valence-electron chi connectivity index (χ3n) is 4.52. The van der Waals surface area contributed by atoms with Crippen molar-refractivity contribution in [2.75, 3.05) is 14.2 Å². The van der Waals surface area contributed by atoms with Crippen molar-refractivity contribution in [2.24, 2.45) is 0 Å². The zero-order chi connectivity index (χ0) is 19.0. The maximum Gasteiger partial charge on any atom is 0.342 e. The summed E-state index contributed by atoms with van der Waals surface area (Å²) >= 11 is 0. The highest BCUT2D eigenvalue weighted by molar-refractivity contribution is 5.94. The molecule has 0 saturated carbocycles. The average Bonchev–Trinajstić information content (AvgIpc) is 2.68. The molecule has 0 aliphatic carbocycles. The van der Waals surface area contributed by atoms with Crippen molar-refractivity contribution in [2.45, 2.75) is 45.1 Å². The molecular formula is C22H28O4. The molecule has 0 N–H and O–H groups in total. The maximum absolute atomic E-state index is 13.1. The van der Waals surface area contributed by atoms with E-state index in [1.807, 2.05) is 30.3 Å². The summed E-state index contributed by atoms with van der Waals surface area (Å²) in [6, 6.07) is 15.2. The van der Waals surface area contributed by atoms with Gasteiger partial charge in [-0.2, -0.15) is 0 Å². The summed E-state index contributed by atoms with van der Waals surface area (Å²) in [6.07, 6.45) is 3.36. The summed E-state index contributed by atoms with van der Waals surface area (Å²) in [5, 5.41) is 0. The van der Waals surface area contributed by atoms with Gasteiger partial charge in [-0.3, -0.25) is 0 Å². The second-order valence-electron chi connectivity index (χ2n) is 6.29. The highest BCUT2D eigenvalue weighted by atomic mass is 16.6. The molecule has 0 spiro atoms. The van der Waals surface area contributed by atoms with Gasteiger partial charge >= 0.3 is 5.97 Å². The smallest absolute Gasteiger partial charge is 0.342 e. The van der Waals surface area contributed by atoms with Gasteiger partial charge in [-0.1, -0.05) is 63.1 Å². The van der Waals surface area contributed by atoms with Crippen molar-refractivity contribution in [1.29, 1.82) is 0 Å². The Morgan fingerprint density at radius 1 is 0.885 bits per heavy atom. The van der Waals surface area contributed by atoms with Crippen molar-refractivity contribution in [3.05, 3.63) is 59.7 Å². The lowest BCUT2D eigenvalue weighted by atomic mass is 9.85. The number of carbonyl (C=O) groups excluding carboxylic acids is 1. The Bertz CT molecular complexity index is 703. The molecule has 2 aromatic rings. The monoisotopic (exact) mass is 356 g/mol. The van der Waals surface area contributed by atoms with Crippen LogP contribution in [0.25, 0.3) is 0 Å². The number of esters is 1. The Hall–Kier alpha value is -2.49. The summed E-state index contributed by atoms with van der Waals surface area (Å²) in [4.78, 5) is 13.1. The number of rotatable bonds is 9. The third kappa shape index (κ3) is 4.18. The van der Waals surface area contributed by atoms with Crippen LogP contribution in [0.2, 0.25) is 0 Å². The van der Waals surface area contributed by atoms with E-state index >= 15 is 0 Å². The molecule has 0 atom stereocenters. The lowest BCUT2D eigenvalue weighted by Gasteiger charge is -2.34. The van der Waals surface area contributed by atoms with Gasteiger partial charge in [-0.15, -0.1) is 0 Å². The molecule has 4 heteroatoms. The molecule has 0 unspecified atom stereocenters. The Labute approximate surface area is 156 Å². The molecule has 4 nitrogen and oxygen atoms in total. The zero-order valence-corrected chi connectivity index (χ0v) is 16.1. The second-order valence-corrected chi connectivity index (χ2v) is 6.29. The molecule has 0 saturated heterocycles. The number of carbonyl (C=O) groups is 1. The van der Waals surface area contributed by atoms with E-state index < -0.39 is 11.6 Å². The highest BCUT2D eigenvalue weighted by Gasteiger charge is 2.36. The Kier molecular flexibility index (Phi) is 7.07. The van der Waals surface area contributed by atoms with E-state index in [9.17, 15) is 4.79 Å². The number of hydrogen-bond donors (Lipinski definition) is 0. The summed E-state index contributed by atoms with van der Waals surface area (Å²) in [6.45, 7) is 4.21. The molecule has 0 fully saturated rings. The molecule has 140 valence electrons. The molecule has 0 aromatic heterocycles. The predicted molar refractivity (Wildman–Crippen MR) is 103 cm³/mol. The molecule has 2 rings (SSSR count). The lowest BCUT2D eigenvalue weighted by Crippen LogP contribution is -2.32. The van der Waals surface area contributed by atoms with Crippen LogP contribution in [0.1, 0.15) is 55.5 Å². The standard InChI is InChI=1S/C22H28O4/c1-5-15-22(16-6-2,17-11-8-7-9-12-17)26-21(23)18-13-10-14-19(24-3)20(18)25-4/h7-14H,5-6,15-16H2,1-4H3. The minimum absolute atomic E-state index is 0.374. The Morgan fingerprint density at radius 2 is 1.54 bits per heavy atom.